The van der Waals surface area contributed by atoms with Crippen molar-refractivity contribution in [2.45, 2.75) is 38.0 Å². The number of carbonyl (C=O) groups excluding carboxylic acids is 1. The average Bonchev–Trinajstić information content (AvgIpc) is 2.82. The molecule has 2 N–H and O–H groups in total. The Morgan fingerprint density at radius 3 is 2.20 bits per heavy atom. The minimum absolute atomic E-state index is 0.170. The van der Waals surface area contributed by atoms with Crippen LogP contribution in [0.3, 0.4) is 0 Å². The monoisotopic (exact) mass is 495 g/mol. The third-order valence-corrected chi connectivity index (χ3v) is 5.57. The predicted molar refractivity (Wildman–Crippen MR) is 118 cm³/mol. The van der Waals surface area contributed by atoms with Crippen LogP contribution in [0, 0.1) is 24.4 Å². The molecule has 0 saturated heterocycles. The van der Waals surface area contributed by atoms with Gasteiger partial charge in [0.25, 0.3) is 0 Å². The number of nitrogens with zero attached hydrogens (tertiary/aromatic N) is 1. The zero-order chi connectivity index (χ0) is 25.8. The zero-order valence-electron chi connectivity index (χ0n) is 18.9. The van der Waals surface area contributed by atoms with Gasteiger partial charge in [-0.3, -0.25) is 15.1 Å². The molecule has 10 heteroatoms. The van der Waals surface area contributed by atoms with Gasteiger partial charge in [-0.25, -0.2) is 13.2 Å². The summed E-state index contributed by atoms with van der Waals surface area (Å²) in [6.07, 6.45) is -2.87. The third kappa shape index (κ3) is 6.60. The standard InChI is InChI=1S/C25H23F6N3O/c1-14-11-16(5-7-18(14)26)21(9-3-15-4-10-22(33-13-15)25(29,30)31)34-23(24(35)32-2)17-6-8-19(27)20(28)12-17/h4-8,10-13,21,23,34H,3,9H2,1-2H3,(H,32,35)/t21-,23-/m0/s1. The van der Waals surface area contributed by atoms with Crippen LogP contribution in [-0.2, 0) is 17.4 Å². The largest absolute Gasteiger partial charge is 0.433 e. The van der Waals surface area contributed by atoms with E-state index in [9.17, 15) is 31.1 Å². The van der Waals surface area contributed by atoms with Gasteiger partial charge in [0, 0.05) is 19.3 Å². The summed E-state index contributed by atoms with van der Waals surface area (Å²) in [5.74, 6) is -3.13. The molecular weight excluding hydrogens is 472 g/mol. The van der Waals surface area contributed by atoms with Crippen LogP contribution in [0.2, 0.25) is 0 Å². The molecule has 1 amide bonds. The number of alkyl halides is 3. The van der Waals surface area contributed by atoms with Gasteiger partial charge in [-0.2, -0.15) is 13.2 Å². The molecule has 0 bridgehead atoms. The Bertz CT molecular complexity index is 1180. The number of pyridine rings is 1. The van der Waals surface area contributed by atoms with E-state index < -0.39 is 47.3 Å². The summed E-state index contributed by atoms with van der Waals surface area (Å²) in [6, 6.07) is 8.00. The van der Waals surface area contributed by atoms with Crippen LogP contribution in [0.1, 0.15) is 46.5 Å². The van der Waals surface area contributed by atoms with E-state index in [4.69, 9.17) is 0 Å². The summed E-state index contributed by atoms with van der Waals surface area (Å²) >= 11 is 0. The third-order valence-electron chi connectivity index (χ3n) is 5.57. The molecule has 0 aliphatic heterocycles. The lowest BCUT2D eigenvalue weighted by atomic mass is 9.95. The van der Waals surface area contributed by atoms with Crippen molar-refractivity contribution >= 4 is 5.91 Å². The van der Waals surface area contributed by atoms with Crippen LogP contribution in [0.15, 0.2) is 54.7 Å². The fourth-order valence-electron chi connectivity index (χ4n) is 3.64. The topological polar surface area (TPSA) is 54.0 Å². The number of carbonyl (C=O) groups is 1. The average molecular weight is 495 g/mol. The van der Waals surface area contributed by atoms with Gasteiger partial charge in [0.1, 0.15) is 17.6 Å². The van der Waals surface area contributed by atoms with Crippen LogP contribution in [0.5, 0.6) is 0 Å². The lowest BCUT2D eigenvalue weighted by Gasteiger charge is -2.26. The summed E-state index contributed by atoms with van der Waals surface area (Å²) in [7, 11) is 1.39. The fourth-order valence-corrected chi connectivity index (χ4v) is 3.64. The lowest BCUT2D eigenvalue weighted by Crippen LogP contribution is -2.38. The first kappa shape index (κ1) is 26.2. The molecule has 1 aromatic heterocycles. The Morgan fingerprint density at radius 1 is 0.943 bits per heavy atom. The van der Waals surface area contributed by atoms with Crippen LogP contribution in [0.4, 0.5) is 26.3 Å². The maximum atomic E-state index is 13.9. The van der Waals surface area contributed by atoms with Crippen LogP contribution >= 0.6 is 0 Å². The summed E-state index contributed by atoms with van der Waals surface area (Å²) in [5.41, 5.74) is 0.648. The van der Waals surface area contributed by atoms with Gasteiger partial charge in [0.05, 0.1) is 0 Å². The van der Waals surface area contributed by atoms with Gasteiger partial charge in [0.2, 0.25) is 5.91 Å². The molecule has 35 heavy (non-hydrogen) atoms. The molecule has 0 aliphatic carbocycles. The summed E-state index contributed by atoms with van der Waals surface area (Å²) in [5, 5.41) is 5.59. The maximum Gasteiger partial charge on any atom is 0.433 e. The second kappa shape index (κ2) is 10.9. The smallest absolute Gasteiger partial charge is 0.358 e. The number of rotatable bonds is 8. The number of hydrogen-bond donors (Lipinski definition) is 2. The number of halogens is 6. The molecule has 0 spiro atoms. The van der Waals surface area contributed by atoms with Gasteiger partial charge >= 0.3 is 6.18 Å². The molecule has 1 heterocycles. The van der Waals surface area contributed by atoms with E-state index >= 15 is 0 Å². The molecule has 0 aliphatic rings. The number of benzene rings is 2. The molecule has 2 aromatic carbocycles. The highest BCUT2D eigenvalue weighted by Gasteiger charge is 2.32. The van der Waals surface area contributed by atoms with Crippen molar-refractivity contribution in [3.63, 3.8) is 0 Å². The van der Waals surface area contributed by atoms with Crippen LogP contribution in [-0.4, -0.2) is 17.9 Å². The van der Waals surface area contributed by atoms with Crippen LogP contribution in [0.25, 0.3) is 0 Å². The highest BCUT2D eigenvalue weighted by atomic mass is 19.4. The Balaban J connectivity index is 1.91. The quantitative estimate of drug-likeness (QED) is 0.402. The zero-order valence-corrected chi connectivity index (χ0v) is 18.9. The van der Waals surface area contributed by atoms with Crippen molar-refractivity contribution in [3.05, 3.63) is 100 Å². The minimum Gasteiger partial charge on any atom is -0.358 e. The lowest BCUT2D eigenvalue weighted by molar-refractivity contribution is -0.141. The van der Waals surface area contributed by atoms with E-state index in [0.717, 1.165) is 24.4 Å². The maximum absolute atomic E-state index is 13.9. The van der Waals surface area contributed by atoms with E-state index in [0.29, 0.717) is 16.7 Å². The van der Waals surface area contributed by atoms with Crippen LogP contribution < -0.4 is 10.6 Å². The molecule has 186 valence electrons. The molecular formula is C25H23F6N3O. The fraction of sp³-hybridized carbons (Fsp3) is 0.280. The van der Waals surface area contributed by atoms with Gasteiger partial charge in [-0.15, -0.1) is 0 Å². The summed E-state index contributed by atoms with van der Waals surface area (Å²) < 4.78 is 79.6. The number of aromatic nitrogens is 1. The molecule has 0 unspecified atom stereocenters. The Hall–Kier alpha value is -3.40. The van der Waals surface area contributed by atoms with Gasteiger partial charge in [0.15, 0.2) is 11.6 Å². The number of likely N-dealkylation sites (N-methyl/N-ethyl adjacent to an activating group) is 1. The summed E-state index contributed by atoms with van der Waals surface area (Å²) in [6.45, 7) is 1.57. The van der Waals surface area contributed by atoms with Crippen molar-refractivity contribution in [1.29, 1.82) is 0 Å². The van der Waals surface area contributed by atoms with E-state index in [1.165, 1.54) is 31.3 Å². The number of nitrogens with one attached hydrogen (secondary N) is 2. The van der Waals surface area contributed by atoms with E-state index in [1.807, 2.05) is 0 Å². The van der Waals surface area contributed by atoms with Crippen molar-refractivity contribution < 1.29 is 31.1 Å². The molecule has 3 rings (SSSR count). The molecule has 3 aromatic rings. The first-order chi connectivity index (χ1) is 16.5. The Kier molecular flexibility index (Phi) is 8.16. The highest BCUT2D eigenvalue weighted by Crippen LogP contribution is 2.29. The minimum atomic E-state index is -4.56. The first-order valence-electron chi connectivity index (χ1n) is 10.7. The predicted octanol–water partition coefficient (Wildman–Crippen LogP) is 5.58. The van der Waals surface area contributed by atoms with Crippen molar-refractivity contribution in [2.24, 2.45) is 0 Å². The van der Waals surface area contributed by atoms with E-state index in [2.05, 4.69) is 15.6 Å². The Labute approximate surface area is 198 Å². The van der Waals surface area contributed by atoms with Gasteiger partial charge in [-0.05, 0) is 66.3 Å². The van der Waals surface area contributed by atoms with Crippen molar-refractivity contribution in [3.8, 4) is 0 Å². The number of amides is 1. The SMILES string of the molecule is CNC(=O)[C@@H](N[C@@H](CCc1ccc(C(F)(F)F)nc1)c1ccc(F)c(C)c1)c1ccc(F)c(F)c1. The molecule has 2 atom stereocenters. The molecule has 0 radical (unpaired) electrons. The van der Waals surface area contributed by atoms with Crippen molar-refractivity contribution in [2.75, 3.05) is 7.05 Å². The first-order valence-corrected chi connectivity index (χ1v) is 10.7. The number of hydrogen-bond acceptors (Lipinski definition) is 3. The van der Waals surface area contributed by atoms with Gasteiger partial charge in [-0.1, -0.05) is 24.3 Å². The normalized spacial score (nSPS) is 13.4. The molecule has 4 nitrogen and oxygen atoms in total. The second-order valence-electron chi connectivity index (χ2n) is 8.04. The van der Waals surface area contributed by atoms with E-state index in [1.54, 1.807) is 13.0 Å². The van der Waals surface area contributed by atoms with E-state index in [-0.39, 0.29) is 18.4 Å². The van der Waals surface area contributed by atoms with Gasteiger partial charge < -0.3 is 5.32 Å². The highest BCUT2D eigenvalue weighted by molar-refractivity contribution is 5.83. The Morgan fingerprint density at radius 2 is 1.63 bits per heavy atom. The number of aryl methyl sites for hydroxylation is 2. The van der Waals surface area contributed by atoms with Crippen molar-refractivity contribution in [1.82, 2.24) is 15.6 Å². The summed E-state index contributed by atoms with van der Waals surface area (Å²) in [4.78, 5) is 16.1. The molecule has 0 fully saturated rings. The second-order valence-corrected chi connectivity index (χ2v) is 8.04. The molecule has 0 saturated carbocycles.